The number of rotatable bonds is 7. The number of benzene rings is 2. The van der Waals surface area contributed by atoms with E-state index in [0.29, 0.717) is 47.0 Å². The predicted octanol–water partition coefficient (Wildman–Crippen LogP) is 5.36. The minimum Gasteiger partial charge on any atom is -0.490 e. The number of carbonyl (C=O) groups is 1. The van der Waals surface area contributed by atoms with Crippen molar-refractivity contribution < 1.29 is 14.3 Å². The molecular formula is C18H18Cl3NO3. The van der Waals surface area contributed by atoms with E-state index in [9.17, 15) is 4.79 Å². The van der Waals surface area contributed by atoms with Crippen molar-refractivity contribution in [2.75, 3.05) is 19.8 Å². The van der Waals surface area contributed by atoms with Gasteiger partial charge in [0.2, 0.25) is 0 Å². The van der Waals surface area contributed by atoms with Crippen molar-refractivity contribution >= 4 is 40.9 Å². The molecule has 1 amide bonds. The zero-order chi connectivity index (χ0) is 18.2. The highest BCUT2D eigenvalue weighted by molar-refractivity contribution is 6.42. The van der Waals surface area contributed by atoms with Crippen molar-refractivity contribution in [3.8, 4) is 5.75 Å². The number of amides is 1. The van der Waals surface area contributed by atoms with E-state index in [1.54, 1.807) is 19.1 Å². The summed E-state index contributed by atoms with van der Waals surface area (Å²) in [5, 5.41) is 4.14. The Hall–Kier alpha value is -1.62. The fourth-order valence-corrected chi connectivity index (χ4v) is 2.73. The Balaban J connectivity index is 1.89. The van der Waals surface area contributed by atoms with Gasteiger partial charge in [0.1, 0.15) is 12.4 Å². The van der Waals surface area contributed by atoms with Crippen LogP contribution in [-0.2, 0) is 11.2 Å². The monoisotopic (exact) mass is 401 g/mol. The maximum Gasteiger partial charge on any atom is 0.407 e. The molecule has 4 nitrogen and oxygen atoms in total. The molecule has 2 aromatic rings. The first-order valence-corrected chi connectivity index (χ1v) is 8.88. The third-order valence-corrected chi connectivity index (χ3v) is 4.33. The van der Waals surface area contributed by atoms with Crippen molar-refractivity contribution in [2.24, 2.45) is 0 Å². The highest BCUT2D eigenvalue weighted by atomic mass is 35.5. The molecule has 0 bridgehead atoms. The Bertz CT molecular complexity index is 738. The topological polar surface area (TPSA) is 47.6 Å². The van der Waals surface area contributed by atoms with Gasteiger partial charge in [-0.15, -0.1) is 0 Å². The Morgan fingerprint density at radius 3 is 2.32 bits per heavy atom. The van der Waals surface area contributed by atoms with Crippen LogP contribution < -0.4 is 10.1 Å². The van der Waals surface area contributed by atoms with E-state index in [0.717, 1.165) is 11.1 Å². The first kappa shape index (κ1) is 19.7. The summed E-state index contributed by atoms with van der Waals surface area (Å²) in [6, 6.07) is 11.1. The lowest BCUT2D eigenvalue weighted by atomic mass is 10.1. The van der Waals surface area contributed by atoms with Gasteiger partial charge in [0.05, 0.1) is 28.2 Å². The summed E-state index contributed by atoms with van der Waals surface area (Å²) in [6.07, 6.45) is 0.218. The minimum atomic E-state index is -0.464. The van der Waals surface area contributed by atoms with Gasteiger partial charge in [-0.3, -0.25) is 0 Å². The minimum absolute atomic E-state index is 0.296. The van der Waals surface area contributed by atoms with Crippen LogP contribution in [-0.4, -0.2) is 25.9 Å². The molecule has 0 saturated heterocycles. The second kappa shape index (κ2) is 9.76. The number of hydrogen-bond donors (Lipinski definition) is 1. The van der Waals surface area contributed by atoms with Gasteiger partial charge in [0.15, 0.2) is 0 Å². The van der Waals surface area contributed by atoms with E-state index >= 15 is 0 Å². The SMILES string of the molecule is CCOC(=O)NCCOc1ccc(Cc2ccc(Cl)c(Cl)c2)cc1Cl. The standard InChI is InChI=1S/C18H18Cl3NO3/c1-2-24-18(23)22-7-8-25-17-6-4-13(11-16(17)21)9-12-3-5-14(19)15(20)10-12/h3-6,10-11H,2,7-9H2,1H3,(H,22,23). The number of halogens is 3. The molecule has 0 heterocycles. The summed E-state index contributed by atoms with van der Waals surface area (Å²) >= 11 is 18.2. The largest absolute Gasteiger partial charge is 0.490 e. The molecule has 0 radical (unpaired) electrons. The molecule has 0 saturated carbocycles. The summed E-state index contributed by atoms with van der Waals surface area (Å²) in [6.45, 7) is 2.71. The van der Waals surface area contributed by atoms with Crippen LogP contribution in [0.25, 0.3) is 0 Å². The molecular weight excluding hydrogens is 385 g/mol. The summed E-state index contributed by atoms with van der Waals surface area (Å²) < 4.78 is 10.3. The molecule has 25 heavy (non-hydrogen) atoms. The Morgan fingerprint density at radius 1 is 1.00 bits per heavy atom. The van der Waals surface area contributed by atoms with Crippen LogP contribution in [0.5, 0.6) is 5.75 Å². The van der Waals surface area contributed by atoms with Crippen LogP contribution >= 0.6 is 34.8 Å². The third-order valence-electron chi connectivity index (χ3n) is 3.29. The highest BCUT2D eigenvalue weighted by Crippen LogP contribution is 2.28. The molecule has 0 aliphatic rings. The number of ether oxygens (including phenoxy) is 2. The average molecular weight is 403 g/mol. The molecule has 1 N–H and O–H groups in total. The Labute approximate surface area is 162 Å². The number of nitrogens with one attached hydrogen (secondary N) is 1. The van der Waals surface area contributed by atoms with Crippen LogP contribution in [0.1, 0.15) is 18.1 Å². The zero-order valence-corrected chi connectivity index (χ0v) is 15.9. The fraction of sp³-hybridized carbons (Fsp3) is 0.278. The summed E-state index contributed by atoms with van der Waals surface area (Å²) in [4.78, 5) is 11.2. The van der Waals surface area contributed by atoms with E-state index < -0.39 is 6.09 Å². The molecule has 0 fully saturated rings. The van der Waals surface area contributed by atoms with Gasteiger partial charge in [0, 0.05) is 0 Å². The molecule has 0 aliphatic carbocycles. The van der Waals surface area contributed by atoms with Gasteiger partial charge in [-0.2, -0.15) is 0 Å². The lowest BCUT2D eigenvalue weighted by Crippen LogP contribution is -2.28. The van der Waals surface area contributed by atoms with E-state index in [4.69, 9.17) is 44.3 Å². The molecule has 7 heteroatoms. The van der Waals surface area contributed by atoms with Gasteiger partial charge in [0.25, 0.3) is 0 Å². The Kier molecular flexibility index (Phi) is 7.69. The maximum absolute atomic E-state index is 11.2. The molecule has 134 valence electrons. The quantitative estimate of drug-likeness (QED) is 0.634. The van der Waals surface area contributed by atoms with Crippen molar-refractivity contribution in [3.05, 3.63) is 62.6 Å². The summed E-state index contributed by atoms with van der Waals surface area (Å²) in [7, 11) is 0. The van der Waals surface area contributed by atoms with Gasteiger partial charge in [-0.1, -0.05) is 46.9 Å². The van der Waals surface area contributed by atoms with Crippen LogP contribution in [0.3, 0.4) is 0 Å². The molecule has 2 aromatic carbocycles. The highest BCUT2D eigenvalue weighted by Gasteiger charge is 2.06. The molecule has 0 unspecified atom stereocenters. The lowest BCUT2D eigenvalue weighted by Gasteiger charge is -2.11. The summed E-state index contributed by atoms with van der Waals surface area (Å²) in [5.41, 5.74) is 2.07. The number of carbonyl (C=O) groups excluding carboxylic acids is 1. The van der Waals surface area contributed by atoms with E-state index in [1.807, 2.05) is 24.3 Å². The van der Waals surface area contributed by atoms with Crippen molar-refractivity contribution in [3.63, 3.8) is 0 Å². The Morgan fingerprint density at radius 2 is 1.68 bits per heavy atom. The van der Waals surface area contributed by atoms with E-state index in [2.05, 4.69) is 5.32 Å². The van der Waals surface area contributed by atoms with Gasteiger partial charge >= 0.3 is 6.09 Å². The van der Waals surface area contributed by atoms with Gasteiger partial charge in [-0.25, -0.2) is 4.79 Å². The second-order valence-corrected chi connectivity index (χ2v) is 6.41. The second-order valence-electron chi connectivity index (χ2n) is 5.19. The zero-order valence-electron chi connectivity index (χ0n) is 13.7. The smallest absolute Gasteiger partial charge is 0.407 e. The van der Waals surface area contributed by atoms with E-state index in [1.165, 1.54) is 0 Å². The van der Waals surface area contributed by atoms with Crippen LogP contribution in [0.2, 0.25) is 15.1 Å². The first-order valence-electron chi connectivity index (χ1n) is 7.75. The molecule has 0 aromatic heterocycles. The summed E-state index contributed by atoms with van der Waals surface area (Å²) in [5.74, 6) is 0.560. The van der Waals surface area contributed by atoms with E-state index in [-0.39, 0.29) is 0 Å². The van der Waals surface area contributed by atoms with Crippen molar-refractivity contribution in [1.82, 2.24) is 5.32 Å². The normalized spacial score (nSPS) is 10.4. The molecule has 0 atom stereocenters. The first-order chi connectivity index (χ1) is 12.0. The molecule has 2 rings (SSSR count). The maximum atomic E-state index is 11.2. The van der Waals surface area contributed by atoms with Gasteiger partial charge in [-0.05, 0) is 48.7 Å². The number of hydrogen-bond acceptors (Lipinski definition) is 3. The lowest BCUT2D eigenvalue weighted by molar-refractivity contribution is 0.150. The number of alkyl carbamates (subject to hydrolysis) is 1. The van der Waals surface area contributed by atoms with Crippen LogP contribution in [0, 0.1) is 0 Å². The van der Waals surface area contributed by atoms with Crippen molar-refractivity contribution in [2.45, 2.75) is 13.3 Å². The van der Waals surface area contributed by atoms with Crippen LogP contribution in [0.4, 0.5) is 4.79 Å². The average Bonchev–Trinajstić information content (AvgIpc) is 2.57. The predicted molar refractivity (Wildman–Crippen MR) is 101 cm³/mol. The van der Waals surface area contributed by atoms with Gasteiger partial charge < -0.3 is 14.8 Å². The van der Waals surface area contributed by atoms with Crippen LogP contribution in [0.15, 0.2) is 36.4 Å². The third kappa shape index (κ3) is 6.31. The van der Waals surface area contributed by atoms with Crippen molar-refractivity contribution in [1.29, 1.82) is 0 Å². The molecule has 0 aliphatic heterocycles. The fourth-order valence-electron chi connectivity index (χ4n) is 2.15. The molecule has 0 spiro atoms.